The standard InChI is InChI=1S/C19H28N2O5S/c1-14-9-11-17(12-10-14)27(24,25)21(3)13-18(22)26-15(2)19(23)20-16-7-5-4-6-8-16/h9-12,15-16H,4-8,13H2,1-3H3,(H,20,23). The van der Waals surface area contributed by atoms with Crippen LogP contribution < -0.4 is 5.32 Å². The van der Waals surface area contributed by atoms with Crippen LogP contribution in [0.2, 0.25) is 0 Å². The first-order chi connectivity index (χ1) is 12.7. The Morgan fingerprint density at radius 3 is 2.37 bits per heavy atom. The van der Waals surface area contributed by atoms with Crippen molar-refractivity contribution in [2.75, 3.05) is 13.6 Å². The van der Waals surface area contributed by atoms with E-state index < -0.39 is 28.6 Å². The summed E-state index contributed by atoms with van der Waals surface area (Å²) < 4.78 is 31.0. The predicted molar refractivity (Wildman–Crippen MR) is 102 cm³/mol. The van der Waals surface area contributed by atoms with Crippen LogP contribution in [-0.2, 0) is 24.3 Å². The quantitative estimate of drug-likeness (QED) is 0.712. The smallest absolute Gasteiger partial charge is 0.322 e. The van der Waals surface area contributed by atoms with Gasteiger partial charge in [0.05, 0.1) is 4.90 Å². The molecule has 0 radical (unpaired) electrons. The minimum absolute atomic E-state index is 0.103. The molecule has 150 valence electrons. The molecule has 0 aliphatic heterocycles. The molecule has 0 aromatic heterocycles. The van der Waals surface area contributed by atoms with Gasteiger partial charge in [-0.15, -0.1) is 0 Å². The molecule has 1 aliphatic carbocycles. The molecule has 1 amide bonds. The summed E-state index contributed by atoms with van der Waals surface area (Å²) >= 11 is 0. The molecule has 0 saturated heterocycles. The summed E-state index contributed by atoms with van der Waals surface area (Å²) in [5.74, 6) is -1.11. The minimum atomic E-state index is -3.80. The number of carbonyl (C=O) groups is 2. The lowest BCUT2D eigenvalue weighted by atomic mass is 9.95. The third kappa shape index (κ3) is 6.04. The van der Waals surface area contributed by atoms with Crippen LogP contribution in [0.15, 0.2) is 29.2 Å². The van der Waals surface area contributed by atoms with Crippen molar-refractivity contribution in [3.8, 4) is 0 Å². The molecular formula is C19H28N2O5S. The average molecular weight is 397 g/mol. The lowest BCUT2D eigenvalue weighted by molar-refractivity contribution is -0.155. The number of nitrogens with zero attached hydrogens (tertiary/aromatic N) is 1. The van der Waals surface area contributed by atoms with Gasteiger partial charge >= 0.3 is 5.97 Å². The Labute approximate surface area is 161 Å². The van der Waals surface area contributed by atoms with Gasteiger partial charge in [-0.25, -0.2) is 8.42 Å². The number of ether oxygens (including phenoxy) is 1. The first-order valence-electron chi connectivity index (χ1n) is 9.23. The number of hydrogen-bond donors (Lipinski definition) is 1. The van der Waals surface area contributed by atoms with Gasteiger partial charge in [0.2, 0.25) is 10.0 Å². The van der Waals surface area contributed by atoms with Gasteiger partial charge in [-0.3, -0.25) is 9.59 Å². The number of aryl methyl sites for hydroxylation is 1. The van der Waals surface area contributed by atoms with Crippen LogP contribution in [0.1, 0.15) is 44.6 Å². The van der Waals surface area contributed by atoms with E-state index in [2.05, 4.69) is 5.32 Å². The zero-order chi connectivity index (χ0) is 20.0. The fourth-order valence-corrected chi connectivity index (χ4v) is 4.13. The molecule has 2 rings (SSSR count). The molecule has 27 heavy (non-hydrogen) atoms. The van der Waals surface area contributed by atoms with Crippen LogP contribution >= 0.6 is 0 Å². The molecule has 1 saturated carbocycles. The van der Waals surface area contributed by atoms with E-state index in [1.165, 1.54) is 32.5 Å². The van der Waals surface area contributed by atoms with Gasteiger partial charge in [0.1, 0.15) is 6.54 Å². The van der Waals surface area contributed by atoms with Crippen molar-refractivity contribution >= 4 is 21.9 Å². The van der Waals surface area contributed by atoms with Gasteiger partial charge in [0, 0.05) is 13.1 Å². The molecule has 1 N–H and O–H groups in total. The zero-order valence-corrected chi connectivity index (χ0v) is 16.9. The molecule has 7 nitrogen and oxygen atoms in total. The molecular weight excluding hydrogens is 368 g/mol. The molecule has 1 unspecified atom stereocenters. The van der Waals surface area contributed by atoms with Crippen LogP contribution in [0, 0.1) is 6.92 Å². The first kappa shape index (κ1) is 21.4. The number of nitrogens with one attached hydrogen (secondary N) is 1. The normalized spacial score (nSPS) is 16.7. The van der Waals surface area contributed by atoms with Crippen molar-refractivity contribution in [2.45, 2.75) is 63.0 Å². The molecule has 1 fully saturated rings. The number of amides is 1. The van der Waals surface area contributed by atoms with Crippen LogP contribution in [0.4, 0.5) is 0 Å². The van der Waals surface area contributed by atoms with E-state index in [4.69, 9.17) is 4.74 Å². The number of likely N-dealkylation sites (N-methyl/N-ethyl adjacent to an activating group) is 1. The number of esters is 1. The predicted octanol–water partition coefficient (Wildman–Crippen LogP) is 2.00. The van der Waals surface area contributed by atoms with Gasteiger partial charge in [0.25, 0.3) is 5.91 Å². The third-order valence-electron chi connectivity index (χ3n) is 4.71. The average Bonchev–Trinajstić information content (AvgIpc) is 2.62. The highest BCUT2D eigenvalue weighted by molar-refractivity contribution is 7.89. The van der Waals surface area contributed by atoms with E-state index in [-0.39, 0.29) is 16.8 Å². The molecule has 0 bridgehead atoms. The summed E-state index contributed by atoms with van der Waals surface area (Å²) in [7, 11) is -2.49. The van der Waals surface area contributed by atoms with E-state index in [0.29, 0.717) is 0 Å². The highest BCUT2D eigenvalue weighted by atomic mass is 32.2. The van der Waals surface area contributed by atoms with Gasteiger partial charge in [-0.1, -0.05) is 37.0 Å². The number of benzene rings is 1. The maximum absolute atomic E-state index is 12.5. The molecule has 1 aliphatic rings. The van der Waals surface area contributed by atoms with Crippen LogP contribution in [0.3, 0.4) is 0 Å². The molecule has 1 aromatic carbocycles. The van der Waals surface area contributed by atoms with Gasteiger partial charge in [-0.05, 0) is 38.8 Å². The van der Waals surface area contributed by atoms with Crippen LogP contribution in [0.25, 0.3) is 0 Å². The molecule has 1 atom stereocenters. The highest BCUT2D eigenvalue weighted by Gasteiger charge is 2.26. The lowest BCUT2D eigenvalue weighted by Gasteiger charge is -2.24. The van der Waals surface area contributed by atoms with E-state index in [1.54, 1.807) is 12.1 Å². The van der Waals surface area contributed by atoms with E-state index in [1.807, 2.05) is 6.92 Å². The Morgan fingerprint density at radius 2 is 1.78 bits per heavy atom. The Bertz CT molecular complexity index is 755. The van der Waals surface area contributed by atoms with E-state index in [0.717, 1.165) is 35.6 Å². The summed E-state index contributed by atoms with van der Waals surface area (Å²) in [4.78, 5) is 24.4. The maximum Gasteiger partial charge on any atom is 0.322 e. The molecule has 0 heterocycles. The highest BCUT2D eigenvalue weighted by Crippen LogP contribution is 2.18. The fourth-order valence-electron chi connectivity index (χ4n) is 3.01. The van der Waals surface area contributed by atoms with Crippen LogP contribution in [0.5, 0.6) is 0 Å². The topological polar surface area (TPSA) is 92.8 Å². The summed E-state index contributed by atoms with van der Waals surface area (Å²) in [6.07, 6.45) is 4.25. The van der Waals surface area contributed by atoms with Crippen molar-refractivity contribution in [3.63, 3.8) is 0 Å². The molecule has 8 heteroatoms. The Morgan fingerprint density at radius 1 is 1.19 bits per heavy atom. The van der Waals surface area contributed by atoms with Crippen molar-refractivity contribution in [1.29, 1.82) is 0 Å². The van der Waals surface area contributed by atoms with Crippen molar-refractivity contribution in [1.82, 2.24) is 9.62 Å². The number of rotatable bonds is 7. The summed E-state index contributed by atoms with van der Waals surface area (Å²) in [5, 5.41) is 2.89. The number of sulfonamides is 1. The maximum atomic E-state index is 12.5. The summed E-state index contributed by atoms with van der Waals surface area (Å²) in [6.45, 7) is 2.89. The summed E-state index contributed by atoms with van der Waals surface area (Å²) in [6, 6.07) is 6.49. The summed E-state index contributed by atoms with van der Waals surface area (Å²) in [5.41, 5.74) is 0.939. The van der Waals surface area contributed by atoms with E-state index >= 15 is 0 Å². The van der Waals surface area contributed by atoms with Gasteiger partial charge in [-0.2, -0.15) is 4.31 Å². The second kappa shape index (κ2) is 9.32. The number of carbonyl (C=O) groups excluding carboxylic acids is 2. The third-order valence-corrected chi connectivity index (χ3v) is 6.53. The second-order valence-electron chi connectivity index (χ2n) is 7.05. The SMILES string of the molecule is Cc1ccc(S(=O)(=O)N(C)CC(=O)OC(C)C(=O)NC2CCCCC2)cc1. The Hall–Kier alpha value is -1.93. The fraction of sp³-hybridized carbons (Fsp3) is 0.579. The monoisotopic (exact) mass is 396 g/mol. The number of hydrogen-bond acceptors (Lipinski definition) is 5. The minimum Gasteiger partial charge on any atom is -0.452 e. The molecule has 1 aromatic rings. The first-order valence-corrected chi connectivity index (χ1v) is 10.7. The molecule has 0 spiro atoms. The van der Waals surface area contributed by atoms with Crippen LogP contribution in [-0.4, -0.2) is 50.3 Å². The van der Waals surface area contributed by atoms with Gasteiger partial charge in [0.15, 0.2) is 6.10 Å². The van der Waals surface area contributed by atoms with Crippen molar-refractivity contribution < 1.29 is 22.7 Å². The van der Waals surface area contributed by atoms with Gasteiger partial charge < -0.3 is 10.1 Å². The zero-order valence-electron chi connectivity index (χ0n) is 16.1. The van der Waals surface area contributed by atoms with Crippen molar-refractivity contribution in [2.24, 2.45) is 0 Å². The lowest BCUT2D eigenvalue weighted by Crippen LogP contribution is -2.44. The largest absolute Gasteiger partial charge is 0.452 e. The van der Waals surface area contributed by atoms with Crippen molar-refractivity contribution in [3.05, 3.63) is 29.8 Å². The van der Waals surface area contributed by atoms with E-state index in [9.17, 15) is 18.0 Å². The Balaban J connectivity index is 1.87. The second-order valence-corrected chi connectivity index (χ2v) is 9.09. The Kier molecular flexibility index (Phi) is 7.38.